The van der Waals surface area contributed by atoms with Gasteiger partial charge < -0.3 is 11.1 Å². The van der Waals surface area contributed by atoms with Gasteiger partial charge in [-0.1, -0.05) is 19.8 Å². The van der Waals surface area contributed by atoms with Crippen molar-refractivity contribution < 1.29 is 0 Å². The molecule has 96 valence electrons. The van der Waals surface area contributed by atoms with E-state index in [1.54, 1.807) is 11.3 Å². The van der Waals surface area contributed by atoms with Crippen LogP contribution in [0, 0.1) is 0 Å². The highest BCUT2D eigenvalue weighted by atomic mass is 32.1. The topological polar surface area (TPSA) is 50.9 Å². The molecule has 0 amide bonds. The van der Waals surface area contributed by atoms with Crippen molar-refractivity contribution in [3.8, 4) is 0 Å². The molecule has 2 rings (SSSR count). The summed E-state index contributed by atoms with van der Waals surface area (Å²) in [6, 6.07) is 0.403. The SMILES string of the molecule is CCC(NCCC1(N)CCCC1)c1nccs1. The number of thiazole rings is 1. The van der Waals surface area contributed by atoms with Gasteiger partial charge in [0.25, 0.3) is 0 Å². The van der Waals surface area contributed by atoms with Gasteiger partial charge in [-0.15, -0.1) is 11.3 Å². The van der Waals surface area contributed by atoms with Crippen molar-refractivity contribution in [1.82, 2.24) is 10.3 Å². The van der Waals surface area contributed by atoms with Gasteiger partial charge in [0, 0.05) is 17.1 Å². The minimum Gasteiger partial charge on any atom is -0.325 e. The van der Waals surface area contributed by atoms with Crippen molar-refractivity contribution >= 4 is 11.3 Å². The predicted molar refractivity (Wildman–Crippen MR) is 73.2 cm³/mol. The van der Waals surface area contributed by atoms with Gasteiger partial charge in [0.15, 0.2) is 0 Å². The summed E-state index contributed by atoms with van der Waals surface area (Å²) in [7, 11) is 0. The summed E-state index contributed by atoms with van der Waals surface area (Å²) < 4.78 is 0. The molecule has 1 aliphatic carbocycles. The monoisotopic (exact) mass is 253 g/mol. The summed E-state index contributed by atoms with van der Waals surface area (Å²) in [6.07, 6.45) is 9.07. The van der Waals surface area contributed by atoms with E-state index in [-0.39, 0.29) is 5.54 Å². The average Bonchev–Trinajstić information content (AvgIpc) is 2.96. The van der Waals surface area contributed by atoms with Crippen LogP contribution in [0.1, 0.15) is 56.5 Å². The molecule has 1 aliphatic rings. The third kappa shape index (κ3) is 3.50. The zero-order valence-corrected chi connectivity index (χ0v) is 11.4. The van der Waals surface area contributed by atoms with Gasteiger partial charge in [-0.05, 0) is 32.2 Å². The highest BCUT2D eigenvalue weighted by Crippen LogP contribution is 2.30. The molecule has 0 aromatic carbocycles. The number of nitrogens with zero attached hydrogens (tertiary/aromatic N) is 1. The van der Waals surface area contributed by atoms with Crippen LogP contribution in [-0.2, 0) is 0 Å². The molecule has 0 spiro atoms. The second-order valence-electron chi connectivity index (χ2n) is 5.10. The zero-order valence-electron chi connectivity index (χ0n) is 10.6. The molecule has 1 heterocycles. The molecule has 0 aliphatic heterocycles. The van der Waals surface area contributed by atoms with Crippen LogP contribution in [0.25, 0.3) is 0 Å². The Kier molecular flexibility index (Phi) is 4.54. The van der Waals surface area contributed by atoms with Gasteiger partial charge in [0.1, 0.15) is 5.01 Å². The third-order valence-corrected chi connectivity index (χ3v) is 4.66. The number of rotatable bonds is 6. The molecule has 3 N–H and O–H groups in total. The summed E-state index contributed by atoms with van der Waals surface area (Å²) in [5, 5.41) is 6.83. The Bertz CT molecular complexity index is 317. The van der Waals surface area contributed by atoms with Crippen LogP contribution in [0.2, 0.25) is 0 Å². The second-order valence-corrected chi connectivity index (χ2v) is 6.03. The fourth-order valence-corrected chi connectivity index (χ4v) is 3.43. The van der Waals surface area contributed by atoms with Crippen LogP contribution in [0.3, 0.4) is 0 Å². The van der Waals surface area contributed by atoms with E-state index in [0.29, 0.717) is 6.04 Å². The molecule has 1 unspecified atom stereocenters. The number of hydrogen-bond donors (Lipinski definition) is 2. The molecule has 1 aromatic rings. The predicted octanol–water partition coefficient (Wildman–Crippen LogP) is 2.85. The summed E-state index contributed by atoms with van der Waals surface area (Å²) in [6.45, 7) is 3.21. The molecule has 17 heavy (non-hydrogen) atoms. The fourth-order valence-electron chi connectivity index (χ4n) is 2.64. The molecule has 1 fully saturated rings. The normalized spacial score (nSPS) is 20.6. The van der Waals surface area contributed by atoms with Gasteiger partial charge in [-0.3, -0.25) is 0 Å². The van der Waals surface area contributed by atoms with Crippen molar-refractivity contribution in [2.75, 3.05) is 6.54 Å². The molecule has 4 heteroatoms. The molecule has 3 nitrogen and oxygen atoms in total. The van der Waals surface area contributed by atoms with E-state index in [0.717, 1.165) is 19.4 Å². The third-order valence-electron chi connectivity index (χ3n) is 3.77. The maximum absolute atomic E-state index is 6.35. The van der Waals surface area contributed by atoms with Crippen LogP contribution < -0.4 is 11.1 Å². The fraction of sp³-hybridized carbons (Fsp3) is 0.769. The largest absolute Gasteiger partial charge is 0.325 e. The quantitative estimate of drug-likeness (QED) is 0.819. The Morgan fingerprint density at radius 2 is 2.29 bits per heavy atom. The standard InChI is InChI=1S/C13H23N3S/c1-2-11(12-16-9-10-17-12)15-8-7-13(14)5-3-4-6-13/h9-11,15H,2-8,14H2,1H3. The van der Waals surface area contributed by atoms with E-state index < -0.39 is 0 Å². The molecular formula is C13H23N3S. The van der Waals surface area contributed by atoms with Crippen LogP contribution in [0.15, 0.2) is 11.6 Å². The van der Waals surface area contributed by atoms with E-state index in [4.69, 9.17) is 5.73 Å². The number of hydrogen-bond acceptors (Lipinski definition) is 4. The Balaban J connectivity index is 1.77. The lowest BCUT2D eigenvalue weighted by molar-refractivity contribution is 0.377. The van der Waals surface area contributed by atoms with Crippen LogP contribution >= 0.6 is 11.3 Å². The summed E-state index contributed by atoms with van der Waals surface area (Å²) in [5.74, 6) is 0. The van der Waals surface area contributed by atoms with Crippen molar-refractivity contribution in [3.63, 3.8) is 0 Å². The van der Waals surface area contributed by atoms with E-state index in [1.807, 2.05) is 11.6 Å². The Morgan fingerprint density at radius 3 is 2.88 bits per heavy atom. The van der Waals surface area contributed by atoms with Gasteiger partial charge in [-0.2, -0.15) is 0 Å². The molecule has 0 radical (unpaired) electrons. The number of nitrogens with two attached hydrogens (primary N) is 1. The Labute approximate surface area is 108 Å². The lowest BCUT2D eigenvalue weighted by Crippen LogP contribution is -2.40. The minimum absolute atomic E-state index is 0.105. The Morgan fingerprint density at radius 1 is 1.53 bits per heavy atom. The molecule has 0 bridgehead atoms. The first-order chi connectivity index (χ1) is 8.23. The highest BCUT2D eigenvalue weighted by Gasteiger charge is 2.28. The maximum atomic E-state index is 6.35. The van der Waals surface area contributed by atoms with E-state index >= 15 is 0 Å². The van der Waals surface area contributed by atoms with Crippen LogP contribution in [0.5, 0.6) is 0 Å². The molecule has 1 saturated carbocycles. The minimum atomic E-state index is 0.105. The first kappa shape index (κ1) is 13.0. The van der Waals surface area contributed by atoms with E-state index in [2.05, 4.69) is 17.2 Å². The first-order valence-corrected chi connectivity index (χ1v) is 7.53. The smallest absolute Gasteiger partial charge is 0.109 e. The van der Waals surface area contributed by atoms with Gasteiger partial charge in [0.05, 0.1) is 6.04 Å². The highest BCUT2D eigenvalue weighted by molar-refractivity contribution is 7.09. The average molecular weight is 253 g/mol. The Hall–Kier alpha value is -0.450. The van der Waals surface area contributed by atoms with Crippen molar-refractivity contribution in [2.45, 2.75) is 57.0 Å². The summed E-state index contributed by atoms with van der Waals surface area (Å²) >= 11 is 1.73. The number of aromatic nitrogens is 1. The molecular weight excluding hydrogens is 230 g/mol. The molecule has 1 atom stereocenters. The van der Waals surface area contributed by atoms with Gasteiger partial charge in [0.2, 0.25) is 0 Å². The second kappa shape index (κ2) is 5.94. The van der Waals surface area contributed by atoms with Crippen LogP contribution in [0.4, 0.5) is 0 Å². The van der Waals surface area contributed by atoms with Gasteiger partial charge >= 0.3 is 0 Å². The first-order valence-electron chi connectivity index (χ1n) is 6.65. The lowest BCUT2D eigenvalue weighted by atomic mass is 9.95. The summed E-state index contributed by atoms with van der Waals surface area (Å²) in [4.78, 5) is 4.38. The van der Waals surface area contributed by atoms with E-state index in [1.165, 1.54) is 30.7 Å². The molecule has 0 saturated heterocycles. The summed E-state index contributed by atoms with van der Waals surface area (Å²) in [5.41, 5.74) is 6.46. The van der Waals surface area contributed by atoms with Crippen molar-refractivity contribution in [1.29, 1.82) is 0 Å². The van der Waals surface area contributed by atoms with E-state index in [9.17, 15) is 0 Å². The lowest BCUT2D eigenvalue weighted by Gasteiger charge is -2.25. The maximum Gasteiger partial charge on any atom is 0.109 e. The molecule has 1 aromatic heterocycles. The van der Waals surface area contributed by atoms with Gasteiger partial charge in [-0.25, -0.2) is 4.98 Å². The van der Waals surface area contributed by atoms with Crippen molar-refractivity contribution in [3.05, 3.63) is 16.6 Å². The van der Waals surface area contributed by atoms with Crippen LogP contribution in [-0.4, -0.2) is 17.1 Å². The number of nitrogens with one attached hydrogen (secondary N) is 1. The van der Waals surface area contributed by atoms with Crippen molar-refractivity contribution in [2.24, 2.45) is 5.73 Å². The zero-order chi connectivity index (χ0) is 12.1.